The minimum atomic E-state index is -5.56. The van der Waals surface area contributed by atoms with Gasteiger partial charge in [-0.3, -0.25) is 0 Å². The first-order valence-electron chi connectivity index (χ1n) is 13.2. The normalized spacial score (nSPS) is 15.8. The van der Waals surface area contributed by atoms with Gasteiger partial charge >= 0.3 is 11.0 Å². The van der Waals surface area contributed by atoms with Crippen molar-refractivity contribution in [1.82, 2.24) is 4.57 Å². The van der Waals surface area contributed by atoms with Crippen LogP contribution in [0.1, 0.15) is 33.5 Å². The van der Waals surface area contributed by atoms with Crippen LogP contribution in [-0.4, -0.2) is 45.5 Å². The molecule has 1 aliphatic rings. The molecule has 43 heavy (non-hydrogen) atoms. The lowest BCUT2D eigenvalue weighted by Gasteiger charge is -2.23. The molecule has 0 saturated carbocycles. The number of aromatic nitrogens is 2. The van der Waals surface area contributed by atoms with Crippen molar-refractivity contribution in [3.05, 3.63) is 60.2 Å². The summed E-state index contributed by atoms with van der Waals surface area (Å²) in [5.74, 6) is 1.14. The number of nitrogens with zero attached hydrogens (tertiary/aromatic N) is 4. The molecule has 0 atom stereocenters. The number of hydrogen-bond donors (Lipinski definition) is 0. The molecule has 0 spiro atoms. The lowest BCUT2D eigenvalue weighted by molar-refractivity contribution is -0.670. The van der Waals surface area contributed by atoms with Crippen LogP contribution in [0.4, 0.5) is 37.7 Å². The van der Waals surface area contributed by atoms with E-state index in [1.165, 1.54) is 12.1 Å². The summed E-state index contributed by atoms with van der Waals surface area (Å²) in [7, 11) is -11.1. The van der Waals surface area contributed by atoms with E-state index in [-0.39, 0.29) is 0 Å². The Morgan fingerprint density at radius 3 is 1.79 bits per heavy atom. The van der Waals surface area contributed by atoms with Crippen molar-refractivity contribution in [3.8, 4) is 0 Å². The molecule has 16 heteroatoms. The van der Waals surface area contributed by atoms with E-state index in [2.05, 4.69) is 0 Å². The highest BCUT2D eigenvalue weighted by molar-refractivity contribution is 7.92. The molecule has 2 heterocycles. The number of rotatable bonds is 8. The molecule has 1 aliphatic heterocycles. The van der Waals surface area contributed by atoms with E-state index in [1.807, 2.05) is 23.3 Å². The highest BCUT2D eigenvalue weighted by Crippen LogP contribution is 2.44. The first-order chi connectivity index (χ1) is 20.0. The summed E-state index contributed by atoms with van der Waals surface area (Å²) in [6.07, 6.45) is 5.06. The Hall–Kier alpha value is -3.53. The lowest BCUT2D eigenvalue weighted by atomic mass is 10.2. The maximum absolute atomic E-state index is 13.2. The summed E-state index contributed by atoms with van der Waals surface area (Å²) in [5, 5.41) is 0. The number of benzene rings is 2. The maximum Gasteiger partial charge on any atom is 0.501 e. The molecule has 0 bridgehead atoms. The highest BCUT2D eigenvalue weighted by atomic mass is 32.2. The Morgan fingerprint density at radius 1 is 0.744 bits per heavy atom. The van der Waals surface area contributed by atoms with Crippen LogP contribution in [0.25, 0.3) is 17.1 Å². The van der Waals surface area contributed by atoms with Gasteiger partial charge in [-0.1, -0.05) is 6.08 Å². The molecule has 0 aliphatic carbocycles. The number of allylic oxidation sites excluding steroid dienone is 2. The number of halogens is 6. The molecule has 0 amide bonds. The molecule has 8 nitrogen and oxygen atoms in total. The van der Waals surface area contributed by atoms with Gasteiger partial charge in [0, 0.05) is 25.2 Å². The van der Waals surface area contributed by atoms with E-state index in [0.29, 0.717) is 60.2 Å². The van der Waals surface area contributed by atoms with Crippen molar-refractivity contribution in [2.24, 2.45) is 0 Å². The molecule has 2 aromatic carbocycles. The summed E-state index contributed by atoms with van der Waals surface area (Å²) in [6.45, 7) is 8.61. The van der Waals surface area contributed by atoms with Gasteiger partial charge in [-0.05, 0) is 64.1 Å². The Bertz CT molecular complexity index is 1840. The molecule has 0 radical (unpaired) electrons. The Morgan fingerprint density at radius 2 is 1.28 bits per heavy atom. The van der Waals surface area contributed by atoms with E-state index >= 15 is 0 Å². The minimum Gasteiger partial charge on any atom is -0.326 e. The van der Waals surface area contributed by atoms with Crippen LogP contribution in [0.15, 0.2) is 64.2 Å². The summed E-state index contributed by atoms with van der Waals surface area (Å²) in [4.78, 5) is 1.75. The standard InChI is InChI=1S/C27H29F6N4O4S2/c1-5-34-20-14-12-18(42(38,39)26(28,29)30)16-22(20)36(7-3)24(34)10-9-11-25-35(6-2)21-15-13-19(17-23(21)37(25)8-4)43(40,41)27(31,32)33/h9-17H,5-8H2,1-4H3/q+1. The van der Waals surface area contributed by atoms with Gasteiger partial charge in [0.25, 0.3) is 25.5 Å². The predicted octanol–water partition coefficient (Wildman–Crippen LogP) is 5.78. The molecule has 0 N–H and O–H groups in total. The number of imidazole rings is 1. The molecule has 1 aromatic heterocycles. The second-order valence-electron chi connectivity index (χ2n) is 9.42. The Balaban J connectivity index is 1.81. The van der Waals surface area contributed by atoms with E-state index in [9.17, 15) is 43.2 Å². The quantitative estimate of drug-likeness (QED) is 0.227. The third-order valence-corrected chi connectivity index (χ3v) is 10.1. The van der Waals surface area contributed by atoms with Crippen LogP contribution in [0.3, 0.4) is 0 Å². The lowest BCUT2D eigenvalue weighted by Crippen LogP contribution is -2.35. The summed E-state index contributed by atoms with van der Waals surface area (Å²) in [6, 6.07) is 6.51. The zero-order valence-electron chi connectivity index (χ0n) is 23.5. The van der Waals surface area contributed by atoms with Crippen LogP contribution in [0, 0.1) is 0 Å². The van der Waals surface area contributed by atoms with Gasteiger partial charge in [0.05, 0.1) is 34.3 Å². The van der Waals surface area contributed by atoms with Gasteiger partial charge < -0.3 is 9.80 Å². The number of fused-ring (bicyclic) bond motifs is 2. The maximum atomic E-state index is 13.2. The fraction of sp³-hybridized carbons (Fsp3) is 0.370. The van der Waals surface area contributed by atoms with Gasteiger partial charge in [0.15, 0.2) is 11.0 Å². The van der Waals surface area contributed by atoms with Crippen molar-refractivity contribution in [2.45, 2.75) is 61.6 Å². The van der Waals surface area contributed by atoms with E-state index < -0.39 is 40.5 Å². The third-order valence-electron chi connectivity index (χ3n) is 7.15. The predicted molar refractivity (Wildman–Crippen MR) is 150 cm³/mol. The van der Waals surface area contributed by atoms with Crippen LogP contribution in [-0.2, 0) is 32.8 Å². The topological polar surface area (TPSA) is 83.6 Å². The van der Waals surface area contributed by atoms with Crippen molar-refractivity contribution >= 4 is 48.2 Å². The van der Waals surface area contributed by atoms with Gasteiger partial charge in [0.2, 0.25) is 0 Å². The molecular formula is C27H29F6N4O4S2+. The second-order valence-corrected chi connectivity index (χ2v) is 13.3. The molecular weight excluding hydrogens is 622 g/mol. The zero-order valence-corrected chi connectivity index (χ0v) is 25.2. The van der Waals surface area contributed by atoms with Crippen molar-refractivity contribution < 1.29 is 47.7 Å². The Labute approximate surface area is 245 Å². The third kappa shape index (κ3) is 5.28. The molecule has 0 saturated heterocycles. The van der Waals surface area contributed by atoms with Crippen LogP contribution >= 0.6 is 0 Å². The fourth-order valence-corrected chi connectivity index (χ4v) is 6.75. The van der Waals surface area contributed by atoms with Gasteiger partial charge in [-0.25, -0.2) is 26.0 Å². The largest absolute Gasteiger partial charge is 0.501 e. The summed E-state index contributed by atoms with van der Waals surface area (Å²) >= 11 is 0. The molecule has 3 aromatic rings. The summed E-state index contributed by atoms with van der Waals surface area (Å²) < 4.78 is 131. The van der Waals surface area contributed by atoms with Crippen LogP contribution in [0.2, 0.25) is 0 Å². The zero-order chi connectivity index (χ0) is 32.1. The van der Waals surface area contributed by atoms with E-state index in [1.54, 1.807) is 41.5 Å². The molecule has 0 fully saturated rings. The average Bonchev–Trinajstić information content (AvgIpc) is 3.41. The highest BCUT2D eigenvalue weighted by Gasteiger charge is 2.48. The van der Waals surface area contributed by atoms with Crippen LogP contribution < -0.4 is 14.4 Å². The number of alkyl halides is 6. The average molecular weight is 652 g/mol. The Kier molecular flexibility index (Phi) is 8.43. The van der Waals surface area contributed by atoms with E-state index in [4.69, 9.17) is 0 Å². The number of hydrogen-bond acceptors (Lipinski definition) is 6. The number of aryl methyl sites for hydroxylation is 2. The van der Waals surface area contributed by atoms with Crippen molar-refractivity contribution in [1.29, 1.82) is 0 Å². The first-order valence-corrected chi connectivity index (χ1v) is 16.2. The van der Waals surface area contributed by atoms with Crippen molar-refractivity contribution in [3.63, 3.8) is 0 Å². The molecule has 234 valence electrons. The smallest absolute Gasteiger partial charge is 0.326 e. The van der Waals surface area contributed by atoms with Gasteiger partial charge in [0.1, 0.15) is 5.82 Å². The number of anilines is 2. The first kappa shape index (κ1) is 32.4. The SMILES string of the molecule is CCN1/C(=C\C=C/c2n(CC)c3cc(S(=O)(=O)C(F)(F)F)ccc3[n+]2CC)N(CC)c2cc(S(=O)(=O)C(F)(F)F)ccc21. The summed E-state index contributed by atoms with van der Waals surface area (Å²) in [5.41, 5.74) is -9.28. The van der Waals surface area contributed by atoms with Crippen LogP contribution in [0.5, 0.6) is 0 Å². The molecule has 4 rings (SSSR count). The van der Waals surface area contributed by atoms with Crippen molar-refractivity contribution in [2.75, 3.05) is 22.9 Å². The monoisotopic (exact) mass is 651 g/mol. The van der Waals surface area contributed by atoms with Gasteiger partial charge in [-0.15, -0.1) is 0 Å². The number of sulfone groups is 2. The fourth-order valence-electron chi connectivity index (χ4n) is 5.19. The second kappa shape index (κ2) is 11.2. The van der Waals surface area contributed by atoms with Gasteiger partial charge in [-0.2, -0.15) is 26.3 Å². The minimum absolute atomic E-state index is 0.291. The van der Waals surface area contributed by atoms with E-state index in [0.717, 1.165) is 24.3 Å². The molecule has 0 unspecified atom stereocenters.